The van der Waals surface area contributed by atoms with Crippen LogP contribution in [0.1, 0.15) is 25.1 Å². The second-order valence-electron chi connectivity index (χ2n) is 9.11. The van der Waals surface area contributed by atoms with Crippen LogP contribution in [0, 0.1) is 35.4 Å². The Hall–Kier alpha value is -1.93. The molecule has 3 heterocycles. The number of hydrogen-bond acceptors (Lipinski definition) is 5. The first-order valence-electron chi connectivity index (χ1n) is 9.82. The van der Waals surface area contributed by atoms with E-state index in [1.54, 1.807) is 11.8 Å². The van der Waals surface area contributed by atoms with Crippen LogP contribution >= 0.6 is 23.1 Å². The maximum Gasteiger partial charge on any atom is 0.305 e. The monoisotopic (exact) mass is 430 g/mol. The number of aromatic amines is 1. The van der Waals surface area contributed by atoms with Gasteiger partial charge in [0.2, 0.25) is 11.8 Å². The summed E-state index contributed by atoms with van der Waals surface area (Å²) in [5, 5.41) is 1.15. The minimum absolute atomic E-state index is 0.0438. The Balaban J connectivity index is 1.42. The predicted octanol–water partition coefficient (Wildman–Crippen LogP) is 3.40. The zero-order valence-electron chi connectivity index (χ0n) is 15.8. The summed E-state index contributed by atoms with van der Waals surface area (Å²) in [6, 6.07) is 5.57. The Kier molecular flexibility index (Phi) is 3.46. The number of H-pyrrole nitrogens is 1. The van der Waals surface area contributed by atoms with Crippen LogP contribution in [-0.4, -0.2) is 22.0 Å². The van der Waals surface area contributed by atoms with E-state index in [0.29, 0.717) is 5.69 Å². The van der Waals surface area contributed by atoms with Crippen LogP contribution in [0.25, 0.3) is 0 Å². The molecule has 2 aromatic rings. The standard InChI is InChI=1S/C21H19FN2O3S2/c1-21(2)14-10-7-11(15(14)28-17-16(21)29-20(27)23-17)13-12(10)18(25)24(19(13)26)9-5-3-8(22)4-6-9/h3-6,10-15H,7H2,1-2H3,(H,23,27)/t10-,11-,12+,13-,14-,15-/m0/s1. The summed E-state index contributed by atoms with van der Waals surface area (Å²) in [5.41, 5.74) is 0.236. The topological polar surface area (TPSA) is 70.2 Å². The van der Waals surface area contributed by atoms with Crippen LogP contribution in [0.5, 0.6) is 0 Å². The van der Waals surface area contributed by atoms with Crippen molar-refractivity contribution in [2.75, 3.05) is 4.90 Å². The molecule has 6 rings (SSSR count). The number of halogens is 1. The summed E-state index contributed by atoms with van der Waals surface area (Å²) in [6.07, 6.45) is 0.884. The molecule has 2 saturated carbocycles. The molecule has 0 unspecified atom stereocenters. The van der Waals surface area contributed by atoms with Gasteiger partial charge in [-0.25, -0.2) is 4.39 Å². The molecule has 5 nitrogen and oxygen atoms in total. The van der Waals surface area contributed by atoms with Gasteiger partial charge in [-0.15, -0.1) is 11.8 Å². The molecule has 0 spiro atoms. The third kappa shape index (κ3) is 2.14. The lowest BCUT2D eigenvalue weighted by Crippen LogP contribution is -2.48. The van der Waals surface area contributed by atoms with Gasteiger partial charge in [0.15, 0.2) is 0 Å². The number of aromatic nitrogens is 1. The fourth-order valence-electron chi connectivity index (χ4n) is 6.50. The number of imide groups is 1. The zero-order valence-corrected chi connectivity index (χ0v) is 17.5. The Morgan fingerprint density at radius 2 is 1.72 bits per heavy atom. The molecule has 4 aliphatic rings. The molecule has 8 heteroatoms. The minimum Gasteiger partial charge on any atom is -0.307 e. The van der Waals surface area contributed by atoms with Gasteiger partial charge in [0, 0.05) is 15.5 Å². The van der Waals surface area contributed by atoms with Crippen molar-refractivity contribution >= 4 is 40.6 Å². The third-order valence-corrected chi connectivity index (χ3v) is 10.3. The number of nitrogens with zero attached hydrogens (tertiary/aromatic N) is 1. The van der Waals surface area contributed by atoms with E-state index in [9.17, 15) is 18.8 Å². The Bertz CT molecular complexity index is 1120. The first-order valence-corrected chi connectivity index (χ1v) is 11.5. The van der Waals surface area contributed by atoms with Crippen LogP contribution in [0.3, 0.4) is 0 Å². The van der Waals surface area contributed by atoms with Crippen LogP contribution < -0.4 is 9.77 Å². The molecule has 2 aliphatic carbocycles. The normalized spacial score (nSPS) is 36.3. The molecule has 1 aromatic carbocycles. The van der Waals surface area contributed by atoms with Gasteiger partial charge < -0.3 is 4.98 Å². The second-order valence-corrected chi connectivity index (χ2v) is 11.3. The average Bonchev–Trinajstić information content (AvgIpc) is 3.38. The molecular formula is C21H19FN2O3S2. The fraction of sp³-hybridized carbons (Fsp3) is 0.476. The maximum absolute atomic E-state index is 13.4. The number of hydrogen-bond donors (Lipinski definition) is 1. The van der Waals surface area contributed by atoms with Crippen molar-refractivity contribution in [3.63, 3.8) is 0 Å². The van der Waals surface area contributed by atoms with Crippen molar-refractivity contribution in [2.24, 2.45) is 29.6 Å². The van der Waals surface area contributed by atoms with Crippen LogP contribution in [0.2, 0.25) is 0 Å². The molecule has 2 bridgehead atoms. The molecule has 1 aromatic heterocycles. The maximum atomic E-state index is 13.4. The minimum atomic E-state index is -0.391. The molecule has 29 heavy (non-hydrogen) atoms. The van der Waals surface area contributed by atoms with Gasteiger partial charge in [-0.3, -0.25) is 19.3 Å². The van der Waals surface area contributed by atoms with Gasteiger partial charge in [-0.2, -0.15) is 0 Å². The molecule has 2 aliphatic heterocycles. The van der Waals surface area contributed by atoms with E-state index in [-0.39, 0.29) is 56.9 Å². The first-order chi connectivity index (χ1) is 13.8. The van der Waals surface area contributed by atoms with Crippen molar-refractivity contribution in [2.45, 2.75) is 36.0 Å². The highest BCUT2D eigenvalue weighted by Gasteiger charge is 2.70. The van der Waals surface area contributed by atoms with Crippen molar-refractivity contribution in [1.82, 2.24) is 4.98 Å². The molecular weight excluding hydrogens is 411 g/mol. The molecule has 3 fully saturated rings. The van der Waals surface area contributed by atoms with Gasteiger partial charge in [0.05, 0.1) is 22.5 Å². The highest BCUT2D eigenvalue weighted by Crippen LogP contribution is 2.69. The Labute approximate surface area is 174 Å². The lowest BCUT2D eigenvalue weighted by Gasteiger charge is -2.47. The highest BCUT2D eigenvalue weighted by molar-refractivity contribution is 8.00. The van der Waals surface area contributed by atoms with E-state index >= 15 is 0 Å². The van der Waals surface area contributed by atoms with E-state index in [4.69, 9.17) is 0 Å². The fourth-order valence-corrected chi connectivity index (χ4v) is 9.65. The number of nitrogens with one attached hydrogen (secondary N) is 1. The number of carbonyl (C=O) groups is 2. The molecule has 0 radical (unpaired) electrons. The number of benzene rings is 1. The van der Waals surface area contributed by atoms with Crippen molar-refractivity contribution in [3.05, 3.63) is 44.6 Å². The van der Waals surface area contributed by atoms with Gasteiger partial charge >= 0.3 is 4.87 Å². The number of carbonyl (C=O) groups excluding carboxylic acids is 2. The van der Waals surface area contributed by atoms with Crippen molar-refractivity contribution in [1.29, 1.82) is 0 Å². The quantitative estimate of drug-likeness (QED) is 0.704. The highest BCUT2D eigenvalue weighted by atomic mass is 32.2. The molecule has 1 saturated heterocycles. The van der Waals surface area contributed by atoms with E-state index in [1.165, 1.54) is 40.5 Å². The number of amides is 2. The Morgan fingerprint density at radius 1 is 1.07 bits per heavy atom. The summed E-state index contributed by atoms with van der Waals surface area (Å²) < 4.78 is 13.3. The van der Waals surface area contributed by atoms with E-state index in [0.717, 1.165) is 16.3 Å². The van der Waals surface area contributed by atoms with Crippen LogP contribution in [0.4, 0.5) is 10.1 Å². The van der Waals surface area contributed by atoms with Gasteiger partial charge in [0.25, 0.3) is 0 Å². The molecule has 150 valence electrons. The summed E-state index contributed by atoms with van der Waals surface area (Å²) >= 11 is 2.96. The Morgan fingerprint density at radius 3 is 2.41 bits per heavy atom. The number of fused-ring (bicyclic) bond motifs is 9. The number of anilines is 1. The van der Waals surface area contributed by atoms with Gasteiger partial charge in [-0.1, -0.05) is 25.2 Å². The van der Waals surface area contributed by atoms with Crippen LogP contribution in [-0.2, 0) is 15.0 Å². The largest absolute Gasteiger partial charge is 0.307 e. The SMILES string of the molecule is CC1(C)c2sc(=O)[nH]c2S[C@H]2[C@H]3C[C@@H]([C@H]4C(=O)N(c5ccc(F)cc5)C(=O)[C@@H]34)[C@@H]21. The van der Waals surface area contributed by atoms with E-state index < -0.39 is 5.82 Å². The third-order valence-electron chi connectivity index (χ3n) is 7.48. The molecule has 2 amide bonds. The number of thioether (sulfide) groups is 1. The predicted molar refractivity (Wildman–Crippen MR) is 109 cm³/mol. The van der Waals surface area contributed by atoms with E-state index in [1.807, 2.05) is 0 Å². The number of thiazole rings is 1. The van der Waals surface area contributed by atoms with Crippen molar-refractivity contribution in [3.8, 4) is 0 Å². The zero-order chi connectivity index (χ0) is 20.2. The summed E-state index contributed by atoms with van der Waals surface area (Å²) in [7, 11) is 0. The summed E-state index contributed by atoms with van der Waals surface area (Å²) in [6.45, 7) is 4.34. The average molecular weight is 431 g/mol. The van der Waals surface area contributed by atoms with E-state index in [2.05, 4.69) is 18.8 Å². The van der Waals surface area contributed by atoms with Gasteiger partial charge in [-0.05, 0) is 48.4 Å². The smallest absolute Gasteiger partial charge is 0.305 e. The summed E-state index contributed by atoms with van der Waals surface area (Å²) in [4.78, 5) is 43.9. The summed E-state index contributed by atoms with van der Waals surface area (Å²) in [5.74, 6) is -0.806. The molecule has 1 N–H and O–H groups in total. The second kappa shape index (κ2) is 5.60. The van der Waals surface area contributed by atoms with Crippen LogP contribution in [0.15, 0.2) is 34.1 Å². The van der Waals surface area contributed by atoms with Crippen molar-refractivity contribution < 1.29 is 14.0 Å². The van der Waals surface area contributed by atoms with Gasteiger partial charge in [0.1, 0.15) is 5.82 Å². The lowest BCUT2D eigenvalue weighted by atomic mass is 9.64. The molecule has 6 atom stereocenters. The number of rotatable bonds is 1. The first kappa shape index (κ1) is 17.9. The lowest BCUT2D eigenvalue weighted by molar-refractivity contribution is -0.123.